The second-order valence-electron chi connectivity index (χ2n) is 4.67. The molecule has 0 radical (unpaired) electrons. The number of amides is 1. The SMILES string of the molecule is CCc1sc(-n2cccc2)nc1C(=O)Nc1ccc(Cl)cc1. The van der Waals surface area contributed by atoms with Crippen LogP contribution in [0, 0.1) is 0 Å². The number of halogens is 1. The van der Waals surface area contributed by atoms with Crippen LogP contribution in [0.1, 0.15) is 22.3 Å². The minimum atomic E-state index is -0.200. The first-order chi connectivity index (χ1) is 10.7. The molecule has 3 aromatic rings. The molecule has 0 fully saturated rings. The van der Waals surface area contributed by atoms with Crippen LogP contribution in [0.2, 0.25) is 5.02 Å². The molecule has 0 aliphatic carbocycles. The molecule has 0 bridgehead atoms. The molecule has 0 saturated heterocycles. The van der Waals surface area contributed by atoms with Gasteiger partial charge in [0.05, 0.1) is 0 Å². The normalized spacial score (nSPS) is 10.6. The Bertz CT molecular complexity index is 778. The van der Waals surface area contributed by atoms with Crippen LogP contribution in [-0.4, -0.2) is 15.5 Å². The summed E-state index contributed by atoms with van der Waals surface area (Å²) in [5.41, 5.74) is 1.18. The maximum atomic E-state index is 12.5. The van der Waals surface area contributed by atoms with E-state index in [1.165, 1.54) is 11.3 Å². The number of thiazole rings is 1. The lowest BCUT2D eigenvalue weighted by atomic mass is 10.2. The Kier molecular flexibility index (Phi) is 4.27. The Hall–Kier alpha value is -2.11. The van der Waals surface area contributed by atoms with Gasteiger partial charge in [-0.15, -0.1) is 11.3 Å². The number of aryl methyl sites for hydroxylation is 1. The fraction of sp³-hybridized carbons (Fsp3) is 0.125. The Labute approximate surface area is 137 Å². The van der Waals surface area contributed by atoms with E-state index in [0.717, 1.165) is 16.4 Å². The highest BCUT2D eigenvalue weighted by molar-refractivity contribution is 7.14. The van der Waals surface area contributed by atoms with E-state index >= 15 is 0 Å². The zero-order chi connectivity index (χ0) is 15.5. The summed E-state index contributed by atoms with van der Waals surface area (Å²) < 4.78 is 1.91. The van der Waals surface area contributed by atoms with E-state index in [0.29, 0.717) is 16.4 Å². The molecule has 0 spiro atoms. The molecule has 2 aromatic heterocycles. The molecule has 6 heteroatoms. The minimum Gasteiger partial charge on any atom is -0.321 e. The van der Waals surface area contributed by atoms with Crippen LogP contribution in [0.25, 0.3) is 5.13 Å². The van der Waals surface area contributed by atoms with Crippen molar-refractivity contribution in [1.82, 2.24) is 9.55 Å². The van der Waals surface area contributed by atoms with Crippen LogP contribution in [-0.2, 0) is 6.42 Å². The molecule has 0 aliphatic rings. The van der Waals surface area contributed by atoms with Gasteiger partial charge in [-0.05, 0) is 42.8 Å². The van der Waals surface area contributed by atoms with E-state index in [9.17, 15) is 4.79 Å². The Morgan fingerprint density at radius 2 is 1.95 bits per heavy atom. The van der Waals surface area contributed by atoms with Gasteiger partial charge >= 0.3 is 0 Å². The molecule has 1 aromatic carbocycles. The van der Waals surface area contributed by atoms with Crippen molar-refractivity contribution in [2.24, 2.45) is 0 Å². The molecule has 3 rings (SSSR count). The lowest BCUT2D eigenvalue weighted by Crippen LogP contribution is -2.14. The van der Waals surface area contributed by atoms with Crippen molar-refractivity contribution in [2.75, 3.05) is 5.32 Å². The van der Waals surface area contributed by atoms with E-state index in [4.69, 9.17) is 11.6 Å². The number of rotatable bonds is 4. The number of nitrogens with one attached hydrogen (secondary N) is 1. The average molecular weight is 332 g/mol. The molecular weight excluding hydrogens is 318 g/mol. The average Bonchev–Trinajstić information content (AvgIpc) is 3.18. The van der Waals surface area contributed by atoms with E-state index in [1.54, 1.807) is 24.3 Å². The number of carbonyl (C=O) groups excluding carboxylic acids is 1. The molecule has 2 heterocycles. The monoisotopic (exact) mass is 331 g/mol. The number of hydrogen-bond acceptors (Lipinski definition) is 3. The fourth-order valence-corrected chi connectivity index (χ4v) is 3.14. The van der Waals surface area contributed by atoms with Crippen molar-refractivity contribution < 1.29 is 4.79 Å². The number of hydrogen-bond donors (Lipinski definition) is 1. The molecule has 0 aliphatic heterocycles. The van der Waals surface area contributed by atoms with Crippen LogP contribution in [0.3, 0.4) is 0 Å². The van der Waals surface area contributed by atoms with Gasteiger partial charge < -0.3 is 9.88 Å². The highest BCUT2D eigenvalue weighted by Crippen LogP contribution is 2.24. The summed E-state index contributed by atoms with van der Waals surface area (Å²) in [5.74, 6) is -0.200. The van der Waals surface area contributed by atoms with Crippen LogP contribution in [0.5, 0.6) is 0 Å². The lowest BCUT2D eigenvalue weighted by Gasteiger charge is -2.04. The Balaban J connectivity index is 1.87. The van der Waals surface area contributed by atoms with Gasteiger partial charge in [-0.2, -0.15) is 0 Å². The first kappa shape index (κ1) is 14.8. The van der Waals surface area contributed by atoms with Crippen LogP contribution >= 0.6 is 22.9 Å². The van der Waals surface area contributed by atoms with Gasteiger partial charge in [0, 0.05) is 28.0 Å². The summed E-state index contributed by atoms with van der Waals surface area (Å²) in [6, 6.07) is 10.9. The van der Waals surface area contributed by atoms with Gasteiger partial charge in [-0.1, -0.05) is 18.5 Å². The third-order valence-corrected chi connectivity index (χ3v) is 4.61. The van der Waals surface area contributed by atoms with E-state index in [-0.39, 0.29) is 5.91 Å². The Morgan fingerprint density at radius 1 is 1.27 bits per heavy atom. The maximum absolute atomic E-state index is 12.5. The quantitative estimate of drug-likeness (QED) is 0.770. The summed E-state index contributed by atoms with van der Waals surface area (Å²) in [6.45, 7) is 2.02. The second-order valence-corrected chi connectivity index (χ2v) is 6.17. The predicted molar refractivity (Wildman–Crippen MR) is 90.2 cm³/mol. The van der Waals surface area contributed by atoms with Crippen molar-refractivity contribution in [2.45, 2.75) is 13.3 Å². The molecule has 22 heavy (non-hydrogen) atoms. The maximum Gasteiger partial charge on any atom is 0.275 e. The van der Waals surface area contributed by atoms with Crippen molar-refractivity contribution in [3.8, 4) is 5.13 Å². The topological polar surface area (TPSA) is 46.9 Å². The summed E-state index contributed by atoms with van der Waals surface area (Å²) in [4.78, 5) is 17.9. The molecular formula is C16H14ClN3OS. The number of carbonyl (C=O) groups is 1. The third kappa shape index (κ3) is 3.05. The summed E-state index contributed by atoms with van der Waals surface area (Å²) in [5, 5.41) is 4.29. The smallest absolute Gasteiger partial charge is 0.275 e. The minimum absolute atomic E-state index is 0.200. The van der Waals surface area contributed by atoms with Crippen molar-refractivity contribution in [3.05, 3.63) is 64.4 Å². The molecule has 4 nitrogen and oxygen atoms in total. The number of nitrogens with zero attached hydrogens (tertiary/aromatic N) is 2. The van der Waals surface area contributed by atoms with Crippen molar-refractivity contribution in [1.29, 1.82) is 0 Å². The summed E-state index contributed by atoms with van der Waals surface area (Å²) in [6.07, 6.45) is 4.60. The van der Waals surface area contributed by atoms with Gasteiger partial charge in [0.15, 0.2) is 5.13 Å². The summed E-state index contributed by atoms with van der Waals surface area (Å²) >= 11 is 7.38. The van der Waals surface area contributed by atoms with Gasteiger partial charge in [-0.25, -0.2) is 4.98 Å². The predicted octanol–water partition coefficient (Wildman–Crippen LogP) is 4.40. The second kappa shape index (κ2) is 6.34. The fourth-order valence-electron chi connectivity index (χ4n) is 2.05. The van der Waals surface area contributed by atoms with Crippen molar-refractivity contribution >= 4 is 34.5 Å². The highest BCUT2D eigenvalue weighted by Gasteiger charge is 2.17. The van der Waals surface area contributed by atoms with Crippen LogP contribution < -0.4 is 5.32 Å². The van der Waals surface area contributed by atoms with E-state index in [2.05, 4.69) is 10.3 Å². The third-order valence-electron chi connectivity index (χ3n) is 3.15. The molecule has 1 N–H and O–H groups in total. The number of anilines is 1. The van der Waals surface area contributed by atoms with Crippen LogP contribution in [0.15, 0.2) is 48.8 Å². The largest absolute Gasteiger partial charge is 0.321 e. The van der Waals surface area contributed by atoms with Gasteiger partial charge in [0.1, 0.15) is 5.69 Å². The standard InChI is InChI=1S/C16H14ClN3OS/c1-2-13-14(19-16(22-13)20-9-3-4-10-20)15(21)18-12-7-5-11(17)6-8-12/h3-10H,2H2,1H3,(H,18,21). The van der Waals surface area contributed by atoms with Gasteiger partial charge in [-0.3, -0.25) is 4.79 Å². The van der Waals surface area contributed by atoms with Gasteiger partial charge in [0.2, 0.25) is 0 Å². The molecule has 0 atom stereocenters. The first-order valence-electron chi connectivity index (χ1n) is 6.87. The molecule has 112 valence electrons. The molecule has 1 amide bonds. The highest BCUT2D eigenvalue weighted by atomic mass is 35.5. The zero-order valence-corrected chi connectivity index (χ0v) is 13.5. The summed E-state index contributed by atoms with van der Waals surface area (Å²) in [7, 11) is 0. The zero-order valence-electron chi connectivity index (χ0n) is 11.9. The lowest BCUT2D eigenvalue weighted by molar-refractivity contribution is 0.102. The number of aromatic nitrogens is 2. The first-order valence-corrected chi connectivity index (χ1v) is 8.07. The number of benzene rings is 1. The van der Waals surface area contributed by atoms with E-state index in [1.807, 2.05) is 36.0 Å². The molecule has 0 unspecified atom stereocenters. The molecule has 0 saturated carbocycles. The van der Waals surface area contributed by atoms with E-state index < -0.39 is 0 Å². The van der Waals surface area contributed by atoms with Crippen LogP contribution in [0.4, 0.5) is 5.69 Å². The Morgan fingerprint density at radius 3 is 2.59 bits per heavy atom. The van der Waals surface area contributed by atoms with Crippen molar-refractivity contribution in [3.63, 3.8) is 0 Å². The van der Waals surface area contributed by atoms with Gasteiger partial charge in [0.25, 0.3) is 5.91 Å².